The van der Waals surface area contributed by atoms with Crippen LogP contribution in [0.3, 0.4) is 0 Å². The Balaban J connectivity index is 0.00000195. The third kappa shape index (κ3) is 7.42. The Morgan fingerprint density at radius 2 is 0.772 bits per heavy atom. The first-order valence-electron chi connectivity index (χ1n) is 16.9. The molecule has 13 heteroatoms. The van der Waals surface area contributed by atoms with Gasteiger partial charge >= 0.3 is 23.1 Å². The van der Waals surface area contributed by atoms with E-state index in [1.807, 2.05) is 48.6 Å². The van der Waals surface area contributed by atoms with Crippen LogP contribution in [-0.4, -0.2) is 45.9 Å². The summed E-state index contributed by atoms with van der Waals surface area (Å²) in [5, 5.41) is 2.88. The van der Waals surface area contributed by atoms with Gasteiger partial charge in [0, 0.05) is 74.7 Å². The van der Waals surface area contributed by atoms with Crippen molar-refractivity contribution in [3.05, 3.63) is 207 Å². The number of halogens is 8. The maximum atomic E-state index is 7.17. The second-order valence-electron chi connectivity index (χ2n) is 12.8. The molecule has 0 unspecified atom stereocenters. The molecule has 9 rings (SSSR count). The zero-order valence-corrected chi connectivity index (χ0v) is 36.5. The van der Waals surface area contributed by atoms with Crippen molar-refractivity contribution in [3.63, 3.8) is 0 Å². The van der Waals surface area contributed by atoms with Crippen LogP contribution in [0.15, 0.2) is 164 Å². The van der Waals surface area contributed by atoms with Crippen LogP contribution >= 0.6 is 92.8 Å². The Kier molecular flexibility index (Phi) is 11.5. The molecule has 0 amide bonds. The first kappa shape index (κ1) is 40.4. The van der Waals surface area contributed by atoms with Gasteiger partial charge < -0.3 is 2.85 Å². The quantitative estimate of drug-likeness (QED) is 0.183. The van der Waals surface area contributed by atoms with Crippen LogP contribution in [0.25, 0.3) is 22.3 Å². The van der Waals surface area contributed by atoms with Gasteiger partial charge in [-0.3, -0.25) is 0 Å². The predicted octanol–water partition coefficient (Wildman–Crippen LogP) is 14.8. The van der Waals surface area contributed by atoms with Crippen LogP contribution in [0.2, 0.25) is 40.2 Å². The SMILES string of the molecule is Clc1cccc(Cl)c1C1=CC2=CC3=NC(=CC4=NC(=CC5=NC(=C(c6c(Cl)cccc6Cl)C1=N2)C(c1c(Cl)cccc1Cl)=C5c1c(Cl)cccc1Cl)C=C4)C=C3.[H-].[H-].[Mg+2]. The van der Waals surface area contributed by atoms with Crippen molar-refractivity contribution in [2.75, 3.05) is 0 Å². The van der Waals surface area contributed by atoms with Crippen LogP contribution in [0.5, 0.6) is 0 Å². The minimum absolute atomic E-state index is 0. The molecule has 4 aromatic carbocycles. The molecule has 57 heavy (non-hydrogen) atoms. The second-order valence-corrected chi connectivity index (χ2v) is 16.1. The average molecular weight is 915 g/mol. The van der Waals surface area contributed by atoms with Crippen molar-refractivity contribution < 1.29 is 2.85 Å². The Bertz CT molecular complexity index is 2820. The van der Waals surface area contributed by atoms with Crippen LogP contribution in [0, 0.1) is 0 Å². The monoisotopic (exact) mass is 910 g/mol. The molecule has 5 heterocycles. The molecule has 4 aromatic rings. The van der Waals surface area contributed by atoms with Gasteiger partial charge in [-0.2, -0.15) is 0 Å². The summed E-state index contributed by atoms with van der Waals surface area (Å²) >= 11 is 56.7. The summed E-state index contributed by atoms with van der Waals surface area (Å²) < 4.78 is 0. The van der Waals surface area contributed by atoms with Gasteiger partial charge in [0.25, 0.3) is 0 Å². The molecule has 0 spiro atoms. The van der Waals surface area contributed by atoms with Gasteiger partial charge in [-0.15, -0.1) is 0 Å². The van der Waals surface area contributed by atoms with E-state index in [1.165, 1.54) is 0 Å². The standard InChI is InChI=1S/C44H20Cl8N4.Mg.2H/c45-27-5-1-6-28(46)36(27)26-19-25-18-23-14-13-21(53-23)17-22-15-16-24(54-22)20-35-40(37-29(47)7-2-8-30(37)48)41(38-31(49)9-3-10-32(38)50)44(56-35)42(43(26)55-25)39-33(51)11-4-12-34(39)52;;;/h1-20H;;;/q;+2;2*-1. The van der Waals surface area contributed by atoms with Crippen molar-refractivity contribution in [1.82, 2.24) is 0 Å². The number of nitrogens with zero attached hydrogens (tertiary/aromatic N) is 4. The normalized spacial score (nSPS) is 16.8. The molecule has 0 atom stereocenters. The van der Waals surface area contributed by atoms with Gasteiger partial charge in [-0.05, 0) is 97.1 Å². The smallest absolute Gasteiger partial charge is 1.00 e. The second kappa shape index (κ2) is 16.3. The maximum Gasteiger partial charge on any atom is 2.00 e. The van der Waals surface area contributed by atoms with Crippen molar-refractivity contribution >= 4 is 161 Å². The summed E-state index contributed by atoms with van der Waals surface area (Å²) in [7, 11) is 0. The first-order valence-corrected chi connectivity index (χ1v) is 19.9. The van der Waals surface area contributed by atoms with Gasteiger partial charge in [-0.25, -0.2) is 20.0 Å². The Morgan fingerprint density at radius 1 is 0.368 bits per heavy atom. The van der Waals surface area contributed by atoms with E-state index < -0.39 is 0 Å². The fraction of sp³-hybridized carbons (Fsp3) is 0. The summed E-state index contributed by atoms with van der Waals surface area (Å²) in [4.78, 5) is 20.4. The van der Waals surface area contributed by atoms with E-state index >= 15 is 0 Å². The molecule has 8 bridgehead atoms. The first-order chi connectivity index (χ1) is 27.0. The minimum atomic E-state index is 0. The molecule has 4 nitrogen and oxygen atoms in total. The van der Waals surface area contributed by atoms with Gasteiger partial charge in [0.1, 0.15) is 0 Å². The summed E-state index contributed by atoms with van der Waals surface area (Å²) in [5.41, 5.74) is 8.54. The van der Waals surface area contributed by atoms with E-state index in [-0.39, 0.29) is 25.9 Å². The maximum absolute atomic E-state index is 7.17. The molecule has 0 radical (unpaired) electrons. The average Bonchev–Trinajstić information content (AvgIpc) is 3.95. The molecule has 0 aromatic heterocycles. The third-order valence-electron chi connectivity index (χ3n) is 9.35. The van der Waals surface area contributed by atoms with Crippen LogP contribution in [0.1, 0.15) is 25.1 Å². The molecular weight excluding hydrogens is 892 g/mol. The van der Waals surface area contributed by atoms with Gasteiger partial charge in [0.2, 0.25) is 0 Å². The van der Waals surface area contributed by atoms with Crippen LogP contribution in [-0.2, 0) is 0 Å². The molecule has 0 N–H and O–H groups in total. The molecule has 5 aliphatic heterocycles. The number of hydrogen-bond donors (Lipinski definition) is 0. The topological polar surface area (TPSA) is 49.4 Å². The molecule has 0 fully saturated rings. The predicted molar refractivity (Wildman–Crippen MR) is 248 cm³/mol. The summed E-state index contributed by atoms with van der Waals surface area (Å²) in [6.45, 7) is 0. The van der Waals surface area contributed by atoms with Gasteiger partial charge in [0.15, 0.2) is 0 Å². The van der Waals surface area contributed by atoms with Crippen LogP contribution in [0.4, 0.5) is 0 Å². The zero-order valence-electron chi connectivity index (χ0n) is 31.1. The van der Waals surface area contributed by atoms with E-state index in [0.29, 0.717) is 125 Å². The van der Waals surface area contributed by atoms with Gasteiger partial charge in [0.05, 0.1) is 55.7 Å². The number of aliphatic imine (C=N–C) groups is 4. The molecule has 5 aliphatic rings. The fourth-order valence-electron chi connectivity index (χ4n) is 7.02. The number of allylic oxidation sites excluding steroid dienone is 12. The fourth-order valence-corrected chi connectivity index (χ4v) is 9.38. The Hall–Kier alpha value is -3.43. The minimum Gasteiger partial charge on any atom is -1.00 e. The van der Waals surface area contributed by atoms with E-state index in [9.17, 15) is 0 Å². The summed E-state index contributed by atoms with van der Waals surface area (Å²) in [6.07, 6.45) is 15.2. The molecule has 0 saturated carbocycles. The molecular formula is C44H22Cl8MgN4. The van der Waals surface area contributed by atoms with E-state index in [2.05, 4.69) is 0 Å². The van der Waals surface area contributed by atoms with Crippen molar-refractivity contribution in [1.29, 1.82) is 0 Å². The van der Waals surface area contributed by atoms with E-state index in [1.54, 1.807) is 72.8 Å². The third-order valence-corrected chi connectivity index (χ3v) is 11.9. The van der Waals surface area contributed by atoms with E-state index in [4.69, 9.17) is 113 Å². The van der Waals surface area contributed by atoms with Crippen LogP contribution < -0.4 is 0 Å². The zero-order chi connectivity index (χ0) is 38.8. The molecule has 0 saturated heterocycles. The largest absolute Gasteiger partial charge is 2.00 e. The van der Waals surface area contributed by atoms with E-state index in [0.717, 1.165) is 5.70 Å². The number of rotatable bonds is 4. The molecule has 276 valence electrons. The van der Waals surface area contributed by atoms with Crippen molar-refractivity contribution in [2.24, 2.45) is 20.0 Å². The van der Waals surface area contributed by atoms with Gasteiger partial charge in [-0.1, -0.05) is 117 Å². The summed E-state index contributed by atoms with van der Waals surface area (Å²) in [5.74, 6) is 0. The van der Waals surface area contributed by atoms with Crippen molar-refractivity contribution in [2.45, 2.75) is 0 Å². The van der Waals surface area contributed by atoms with Crippen molar-refractivity contribution in [3.8, 4) is 0 Å². The number of hydrogen-bond acceptors (Lipinski definition) is 4. The number of fused-ring (bicyclic) bond motifs is 4. The Morgan fingerprint density at radius 3 is 1.26 bits per heavy atom. The molecule has 0 aliphatic carbocycles. The Labute approximate surface area is 387 Å². The summed E-state index contributed by atoms with van der Waals surface area (Å²) in [6, 6.07) is 21.1. The number of benzene rings is 4.